The molecule has 152 valence electrons. The van der Waals surface area contributed by atoms with Crippen LogP contribution < -0.4 is 9.47 Å². The predicted molar refractivity (Wildman–Crippen MR) is 110 cm³/mol. The molecule has 0 spiro atoms. The maximum Gasteiger partial charge on any atom is 0.295 e. The minimum Gasteiger partial charge on any atom is -0.493 e. The van der Waals surface area contributed by atoms with Gasteiger partial charge in [-0.1, -0.05) is 12.1 Å². The van der Waals surface area contributed by atoms with E-state index < -0.39 is 0 Å². The van der Waals surface area contributed by atoms with Crippen molar-refractivity contribution < 1.29 is 23.7 Å². The number of amidine groups is 1. The van der Waals surface area contributed by atoms with E-state index in [0.717, 1.165) is 12.0 Å². The number of thiophene rings is 1. The maximum absolute atomic E-state index is 12.3. The lowest BCUT2D eigenvalue weighted by atomic mass is 10.1. The van der Waals surface area contributed by atoms with Crippen molar-refractivity contribution in [3.8, 4) is 11.5 Å². The van der Waals surface area contributed by atoms with Crippen LogP contribution in [0.4, 0.5) is 0 Å². The number of benzene rings is 1. The predicted octanol–water partition coefficient (Wildman–Crippen LogP) is 3.10. The zero-order chi connectivity index (χ0) is 20.4. The Morgan fingerprint density at radius 2 is 1.89 bits per heavy atom. The summed E-state index contributed by atoms with van der Waals surface area (Å²) in [5.74, 6) is 1.05. The molecule has 7 nitrogen and oxygen atoms in total. The molecule has 0 radical (unpaired) electrons. The van der Waals surface area contributed by atoms with Crippen molar-refractivity contribution in [2.45, 2.75) is 6.42 Å². The number of ether oxygens (including phenoxy) is 4. The highest BCUT2D eigenvalue weighted by Crippen LogP contribution is 2.27. The van der Waals surface area contributed by atoms with E-state index in [1.165, 1.54) is 11.3 Å². The molecule has 0 saturated heterocycles. The van der Waals surface area contributed by atoms with Gasteiger partial charge < -0.3 is 23.8 Å². The van der Waals surface area contributed by atoms with Crippen LogP contribution >= 0.6 is 11.3 Å². The molecule has 28 heavy (non-hydrogen) atoms. The van der Waals surface area contributed by atoms with Crippen molar-refractivity contribution in [3.05, 3.63) is 46.2 Å². The van der Waals surface area contributed by atoms with Gasteiger partial charge in [-0.2, -0.15) is 4.99 Å². The van der Waals surface area contributed by atoms with E-state index in [4.69, 9.17) is 18.9 Å². The molecule has 0 bridgehead atoms. The van der Waals surface area contributed by atoms with Crippen molar-refractivity contribution in [2.24, 2.45) is 4.99 Å². The number of carbonyl (C=O) groups is 1. The minimum absolute atomic E-state index is 0.274. The van der Waals surface area contributed by atoms with Crippen molar-refractivity contribution in [3.63, 3.8) is 0 Å². The molecule has 1 aromatic carbocycles. The average molecular weight is 407 g/mol. The van der Waals surface area contributed by atoms with Crippen LogP contribution in [0.15, 0.2) is 40.7 Å². The smallest absolute Gasteiger partial charge is 0.295 e. The molecular weight excluding hydrogens is 380 g/mol. The maximum atomic E-state index is 12.3. The van der Waals surface area contributed by atoms with Gasteiger partial charge in [0.25, 0.3) is 11.9 Å². The molecule has 0 aliphatic heterocycles. The lowest BCUT2D eigenvalue weighted by Gasteiger charge is -2.21. The number of amides is 1. The molecule has 0 N–H and O–H groups in total. The van der Waals surface area contributed by atoms with Crippen LogP contribution in [0, 0.1) is 0 Å². The van der Waals surface area contributed by atoms with Gasteiger partial charge in [-0.3, -0.25) is 4.79 Å². The Morgan fingerprint density at radius 3 is 2.54 bits per heavy atom. The van der Waals surface area contributed by atoms with E-state index in [1.807, 2.05) is 41.6 Å². The highest BCUT2D eigenvalue weighted by atomic mass is 32.1. The third-order valence-corrected chi connectivity index (χ3v) is 4.82. The van der Waals surface area contributed by atoms with E-state index in [1.54, 1.807) is 27.4 Å². The zero-order valence-electron chi connectivity index (χ0n) is 16.6. The average Bonchev–Trinajstić information content (AvgIpc) is 3.26. The van der Waals surface area contributed by atoms with Crippen LogP contribution in [0.5, 0.6) is 11.5 Å². The Labute approximate surface area is 169 Å². The van der Waals surface area contributed by atoms with Gasteiger partial charge in [0.15, 0.2) is 11.5 Å². The van der Waals surface area contributed by atoms with Crippen LogP contribution in [0.2, 0.25) is 0 Å². The number of rotatable bonds is 9. The number of carbonyl (C=O) groups excluding carboxylic acids is 1. The molecule has 0 fully saturated rings. The highest BCUT2D eigenvalue weighted by Gasteiger charge is 2.14. The number of likely N-dealkylation sites (N-methyl/N-ethyl adjacent to an activating group) is 1. The van der Waals surface area contributed by atoms with Crippen molar-refractivity contribution in [2.75, 3.05) is 48.1 Å². The van der Waals surface area contributed by atoms with Crippen LogP contribution in [0.25, 0.3) is 0 Å². The molecule has 0 atom stereocenters. The third kappa shape index (κ3) is 6.24. The molecule has 1 amide bonds. The van der Waals surface area contributed by atoms with Gasteiger partial charge in [0.1, 0.15) is 6.61 Å². The van der Waals surface area contributed by atoms with Gasteiger partial charge >= 0.3 is 0 Å². The standard InChI is InChI=1S/C20H26N2O5S/c1-22(10-9-15-7-8-16(25-3)17(14-15)26-4)20(27-12-11-24-2)21-19(23)18-6-5-13-28-18/h5-8,13-14H,9-12H2,1-4H3. The summed E-state index contributed by atoms with van der Waals surface area (Å²) in [6, 6.07) is 9.63. The summed E-state index contributed by atoms with van der Waals surface area (Å²) in [5.41, 5.74) is 1.07. The quantitative estimate of drug-likeness (QED) is 0.362. The first-order valence-corrected chi connectivity index (χ1v) is 9.67. The third-order valence-electron chi connectivity index (χ3n) is 3.96. The van der Waals surface area contributed by atoms with Crippen LogP contribution in [0.3, 0.4) is 0 Å². The van der Waals surface area contributed by atoms with E-state index >= 15 is 0 Å². The van der Waals surface area contributed by atoms with Crippen LogP contribution in [-0.2, 0) is 15.9 Å². The van der Waals surface area contributed by atoms with Crippen LogP contribution in [-0.4, -0.2) is 65.0 Å². The zero-order valence-corrected chi connectivity index (χ0v) is 17.5. The summed E-state index contributed by atoms with van der Waals surface area (Å²) in [6.45, 7) is 1.34. The topological polar surface area (TPSA) is 69.6 Å². The first kappa shape index (κ1) is 21.7. The fourth-order valence-corrected chi connectivity index (χ4v) is 3.02. The van der Waals surface area contributed by atoms with Crippen molar-refractivity contribution in [1.29, 1.82) is 0 Å². The largest absolute Gasteiger partial charge is 0.493 e. The van der Waals surface area contributed by atoms with Gasteiger partial charge in [-0.05, 0) is 35.6 Å². The minimum atomic E-state index is -0.319. The van der Waals surface area contributed by atoms with Gasteiger partial charge in [-0.25, -0.2) is 0 Å². The van der Waals surface area contributed by atoms with Crippen molar-refractivity contribution in [1.82, 2.24) is 4.90 Å². The highest BCUT2D eigenvalue weighted by molar-refractivity contribution is 7.12. The Balaban J connectivity index is 2.07. The monoisotopic (exact) mass is 406 g/mol. The summed E-state index contributed by atoms with van der Waals surface area (Å²) in [5, 5.41) is 1.84. The summed E-state index contributed by atoms with van der Waals surface area (Å²) in [4.78, 5) is 18.9. The lowest BCUT2D eigenvalue weighted by Crippen LogP contribution is -2.32. The second-order valence-electron chi connectivity index (χ2n) is 5.88. The second kappa shape index (κ2) is 11.3. The van der Waals surface area contributed by atoms with Crippen molar-refractivity contribution >= 4 is 23.3 Å². The van der Waals surface area contributed by atoms with Gasteiger partial charge in [0, 0.05) is 20.7 Å². The van der Waals surface area contributed by atoms with Gasteiger partial charge in [0.2, 0.25) is 0 Å². The first-order chi connectivity index (χ1) is 13.6. The molecule has 8 heteroatoms. The molecular formula is C20H26N2O5S. The molecule has 2 rings (SSSR count). The summed E-state index contributed by atoms with van der Waals surface area (Å²) >= 11 is 1.35. The fraction of sp³-hybridized carbons (Fsp3) is 0.400. The Bertz CT molecular complexity index is 777. The number of hydrogen-bond donors (Lipinski definition) is 0. The number of nitrogens with zero attached hydrogens (tertiary/aromatic N) is 2. The number of methoxy groups -OCH3 is 3. The van der Waals surface area contributed by atoms with E-state index in [0.29, 0.717) is 36.1 Å². The summed E-state index contributed by atoms with van der Waals surface area (Å²) in [6.07, 6.45) is 0.719. The number of hydrogen-bond acceptors (Lipinski definition) is 6. The number of aliphatic imine (C=N–C) groups is 1. The summed E-state index contributed by atoms with van der Waals surface area (Å²) < 4.78 is 21.3. The Morgan fingerprint density at radius 1 is 1.11 bits per heavy atom. The Hall–Kier alpha value is -2.58. The SMILES string of the molecule is COCCOC(=NC(=O)c1cccs1)N(C)CCc1ccc(OC)c(OC)c1. The van der Waals surface area contributed by atoms with Crippen LogP contribution in [0.1, 0.15) is 15.2 Å². The molecule has 0 saturated carbocycles. The first-order valence-electron chi connectivity index (χ1n) is 8.79. The molecule has 1 aromatic heterocycles. The molecule has 0 aliphatic carbocycles. The van der Waals surface area contributed by atoms with Gasteiger partial charge in [-0.15, -0.1) is 11.3 Å². The van der Waals surface area contributed by atoms with E-state index in [-0.39, 0.29) is 11.9 Å². The second-order valence-corrected chi connectivity index (χ2v) is 6.83. The fourth-order valence-electron chi connectivity index (χ4n) is 2.41. The lowest BCUT2D eigenvalue weighted by molar-refractivity contribution is 0.0988. The van der Waals surface area contributed by atoms with E-state index in [2.05, 4.69) is 4.99 Å². The molecule has 0 aliphatic rings. The van der Waals surface area contributed by atoms with E-state index in [9.17, 15) is 4.79 Å². The molecule has 2 aromatic rings. The van der Waals surface area contributed by atoms with Gasteiger partial charge in [0.05, 0.1) is 25.7 Å². The molecule has 0 unspecified atom stereocenters. The Kier molecular flexibility index (Phi) is 8.77. The molecule has 1 heterocycles. The normalized spacial score (nSPS) is 11.2. The summed E-state index contributed by atoms with van der Waals surface area (Å²) in [7, 11) is 6.65.